The summed E-state index contributed by atoms with van der Waals surface area (Å²) in [4.78, 5) is 24.4. The molecule has 0 amide bonds. The van der Waals surface area contributed by atoms with Crippen molar-refractivity contribution in [3.8, 4) is 0 Å². The first kappa shape index (κ1) is 13.6. The van der Waals surface area contributed by atoms with Crippen LogP contribution in [0.3, 0.4) is 0 Å². The van der Waals surface area contributed by atoms with Gasteiger partial charge >= 0.3 is 5.97 Å². The summed E-state index contributed by atoms with van der Waals surface area (Å²) in [5.74, 6) is -0.800. The van der Waals surface area contributed by atoms with Gasteiger partial charge in [0.15, 0.2) is 0 Å². The van der Waals surface area contributed by atoms with E-state index < -0.39 is 23.6 Å². The molecule has 0 aliphatic carbocycles. The number of pyridine rings is 1. The van der Waals surface area contributed by atoms with E-state index in [9.17, 15) is 18.4 Å². The van der Waals surface area contributed by atoms with Crippen LogP contribution in [0.1, 0.15) is 23.2 Å². The van der Waals surface area contributed by atoms with Crippen LogP contribution in [-0.2, 0) is 21.8 Å². The topological polar surface area (TPSA) is 59.2 Å². The molecule has 1 aromatic heterocycles. The molecule has 0 unspecified atom stereocenters. The Morgan fingerprint density at radius 3 is 2.65 bits per heavy atom. The van der Waals surface area contributed by atoms with Crippen molar-refractivity contribution < 1.29 is 18.3 Å². The Morgan fingerprint density at radius 1 is 1.53 bits per heavy atom. The fourth-order valence-corrected chi connectivity index (χ4v) is 1.52. The molecular formula is C10H10ClF2NO3. The molecule has 1 rings (SSSR count). The normalized spacial score (nSPS) is 10.6. The summed E-state index contributed by atoms with van der Waals surface area (Å²) < 4.78 is 29.5. The maximum atomic E-state index is 12.5. The van der Waals surface area contributed by atoms with Gasteiger partial charge in [-0.25, -0.2) is 8.78 Å². The smallest absolute Gasteiger partial charge is 0.310 e. The SMILES string of the molecule is COC(=O)Cc1cc(CCl)c(C(F)F)[nH]c1=O. The lowest BCUT2D eigenvalue weighted by molar-refractivity contribution is -0.139. The van der Waals surface area contributed by atoms with Crippen LogP contribution in [-0.4, -0.2) is 18.1 Å². The zero-order valence-corrected chi connectivity index (χ0v) is 9.68. The van der Waals surface area contributed by atoms with Crippen molar-refractivity contribution in [1.82, 2.24) is 4.98 Å². The van der Waals surface area contributed by atoms with Gasteiger partial charge in [0.2, 0.25) is 0 Å². The standard InChI is InChI=1S/C10H10ClF2NO3/c1-17-7(15)3-5-2-6(4-11)8(9(12)13)14-10(5)16/h2,9H,3-4H2,1H3,(H,14,16). The van der Waals surface area contributed by atoms with Crippen LogP contribution >= 0.6 is 11.6 Å². The summed E-state index contributed by atoms with van der Waals surface area (Å²) in [6, 6.07) is 1.20. The second-order valence-corrected chi connectivity index (χ2v) is 3.52. The summed E-state index contributed by atoms with van der Waals surface area (Å²) >= 11 is 5.50. The van der Waals surface area contributed by atoms with Crippen LogP contribution < -0.4 is 5.56 Å². The van der Waals surface area contributed by atoms with Crippen LogP contribution in [0.4, 0.5) is 8.78 Å². The molecule has 7 heteroatoms. The molecule has 0 saturated carbocycles. The number of H-pyrrole nitrogens is 1. The molecule has 17 heavy (non-hydrogen) atoms. The lowest BCUT2D eigenvalue weighted by Crippen LogP contribution is -2.20. The molecule has 0 atom stereocenters. The Balaban J connectivity index is 3.18. The number of carbonyl (C=O) groups is 1. The summed E-state index contributed by atoms with van der Waals surface area (Å²) in [6.07, 6.45) is -3.09. The van der Waals surface area contributed by atoms with E-state index in [0.29, 0.717) is 0 Å². The number of halogens is 3. The van der Waals surface area contributed by atoms with Crippen LogP contribution in [0.2, 0.25) is 0 Å². The van der Waals surface area contributed by atoms with Crippen LogP contribution in [0, 0.1) is 0 Å². The number of hydrogen-bond acceptors (Lipinski definition) is 3. The van der Waals surface area contributed by atoms with Crippen molar-refractivity contribution >= 4 is 17.6 Å². The highest BCUT2D eigenvalue weighted by Gasteiger charge is 2.17. The van der Waals surface area contributed by atoms with E-state index in [-0.39, 0.29) is 23.4 Å². The van der Waals surface area contributed by atoms with E-state index in [1.54, 1.807) is 0 Å². The Kier molecular flexibility index (Phi) is 4.62. The van der Waals surface area contributed by atoms with E-state index in [1.165, 1.54) is 13.2 Å². The zero-order chi connectivity index (χ0) is 13.0. The van der Waals surface area contributed by atoms with Crippen molar-refractivity contribution in [3.63, 3.8) is 0 Å². The number of aromatic amines is 1. The minimum absolute atomic E-state index is 0.0527. The highest BCUT2D eigenvalue weighted by Crippen LogP contribution is 2.21. The number of esters is 1. The maximum Gasteiger partial charge on any atom is 0.310 e. The van der Waals surface area contributed by atoms with Gasteiger partial charge in [-0.15, -0.1) is 11.6 Å². The molecule has 0 aliphatic heterocycles. The largest absolute Gasteiger partial charge is 0.469 e. The molecule has 0 aromatic carbocycles. The van der Waals surface area contributed by atoms with E-state index in [0.717, 1.165) is 0 Å². The van der Waals surface area contributed by atoms with Gasteiger partial charge in [0.05, 0.1) is 19.2 Å². The number of carbonyl (C=O) groups excluding carboxylic acids is 1. The molecule has 0 aliphatic rings. The zero-order valence-electron chi connectivity index (χ0n) is 8.93. The van der Waals surface area contributed by atoms with Gasteiger partial charge < -0.3 is 9.72 Å². The Labute approximate surface area is 101 Å². The summed E-state index contributed by atoms with van der Waals surface area (Å²) in [6.45, 7) is 0. The minimum atomic E-state index is -2.82. The lowest BCUT2D eigenvalue weighted by Gasteiger charge is -2.08. The van der Waals surface area contributed by atoms with Gasteiger partial charge in [0.1, 0.15) is 0 Å². The highest BCUT2D eigenvalue weighted by molar-refractivity contribution is 6.17. The number of aromatic nitrogens is 1. The van der Waals surface area contributed by atoms with Gasteiger partial charge in [0.25, 0.3) is 12.0 Å². The summed E-state index contributed by atoms with van der Waals surface area (Å²) in [5.41, 5.74) is -1.10. The molecule has 0 fully saturated rings. The van der Waals surface area contributed by atoms with E-state index in [2.05, 4.69) is 4.74 Å². The third-order valence-corrected chi connectivity index (χ3v) is 2.45. The first-order chi connectivity index (χ1) is 7.99. The molecule has 1 N–H and O–H groups in total. The fraction of sp³-hybridized carbons (Fsp3) is 0.400. The van der Waals surface area contributed by atoms with Crippen LogP contribution in [0.15, 0.2) is 10.9 Å². The van der Waals surface area contributed by atoms with Gasteiger partial charge in [-0.05, 0) is 11.6 Å². The molecule has 1 heterocycles. The minimum Gasteiger partial charge on any atom is -0.469 e. The van der Waals surface area contributed by atoms with Crippen molar-refractivity contribution in [2.24, 2.45) is 0 Å². The predicted octanol–water partition coefficient (Wildman–Crippen LogP) is 1.77. The van der Waals surface area contributed by atoms with Crippen molar-refractivity contribution in [2.75, 3.05) is 7.11 Å². The van der Waals surface area contributed by atoms with E-state index >= 15 is 0 Å². The van der Waals surface area contributed by atoms with Crippen molar-refractivity contribution in [3.05, 3.63) is 33.2 Å². The van der Waals surface area contributed by atoms with Crippen LogP contribution in [0.5, 0.6) is 0 Å². The molecule has 94 valence electrons. The first-order valence-electron chi connectivity index (χ1n) is 4.65. The average Bonchev–Trinajstić information content (AvgIpc) is 2.30. The van der Waals surface area contributed by atoms with Crippen LogP contribution in [0.25, 0.3) is 0 Å². The highest BCUT2D eigenvalue weighted by atomic mass is 35.5. The summed E-state index contributed by atoms with van der Waals surface area (Å²) in [7, 11) is 1.17. The Morgan fingerprint density at radius 2 is 2.18 bits per heavy atom. The molecular weight excluding hydrogens is 256 g/mol. The monoisotopic (exact) mass is 265 g/mol. The average molecular weight is 266 g/mol. The number of nitrogens with one attached hydrogen (secondary N) is 1. The Hall–Kier alpha value is -1.43. The van der Waals surface area contributed by atoms with Gasteiger partial charge in [0, 0.05) is 11.4 Å². The molecule has 0 bridgehead atoms. The molecule has 0 radical (unpaired) electrons. The molecule has 4 nitrogen and oxygen atoms in total. The quantitative estimate of drug-likeness (QED) is 0.667. The first-order valence-corrected chi connectivity index (χ1v) is 5.19. The number of hydrogen-bond donors (Lipinski definition) is 1. The van der Waals surface area contributed by atoms with Gasteiger partial charge in [-0.3, -0.25) is 9.59 Å². The molecule has 0 saturated heterocycles. The molecule has 1 aromatic rings. The Bertz CT molecular complexity index is 473. The van der Waals surface area contributed by atoms with Crippen molar-refractivity contribution in [1.29, 1.82) is 0 Å². The number of ether oxygens (including phenoxy) is 1. The third-order valence-electron chi connectivity index (χ3n) is 2.16. The van der Waals surface area contributed by atoms with E-state index in [1.807, 2.05) is 4.98 Å². The third kappa shape index (κ3) is 3.26. The summed E-state index contributed by atoms with van der Waals surface area (Å²) in [5, 5.41) is 0. The second kappa shape index (κ2) is 5.77. The van der Waals surface area contributed by atoms with Gasteiger partial charge in [-0.1, -0.05) is 0 Å². The van der Waals surface area contributed by atoms with E-state index in [4.69, 9.17) is 11.6 Å². The lowest BCUT2D eigenvalue weighted by atomic mass is 10.1. The second-order valence-electron chi connectivity index (χ2n) is 3.25. The van der Waals surface area contributed by atoms with Gasteiger partial charge in [-0.2, -0.15) is 0 Å². The number of alkyl halides is 3. The number of rotatable bonds is 4. The fourth-order valence-electron chi connectivity index (χ4n) is 1.30. The number of methoxy groups -OCH3 is 1. The maximum absolute atomic E-state index is 12.5. The predicted molar refractivity (Wildman–Crippen MR) is 57.3 cm³/mol. The van der Waals surface area contributed by atoms with Crippen molar-refractivity contribution in [2.45, 2.75) is 18.7 Å². The molecule has 0 spiro atoms.